The number of ketones is 1. The van der Waals surface area contributed by atoms with Crippen LogP contribution in [0.4, 0.5) is 0 Å². The fourth-order valence-corrected chi connectivity index (χ4v) is 1.70. The molecule has 0 aromatic carbocycles. The summed E-state index contributed by atoms with van der Waals surface area (Å²) in [7, 11) is 0. The predicted octanol–water partition coefficient (Wildman–Crippen LogP) is 2.97. The van der Waals surface area contributed by atoms with E-state index >= 15 is 0 Å². The Labute approximate surface area is 141 Å². The highest BCUT2D eigenvalue weighted by molar-refractivity contribution is 5.83. The van der Waals surface area contributed by atoms with E-state index in [4.69, 9.17) is 9.47 Å². The van der Waals surface area contributed by atoms with Gasteiger partial charge in [0.15, 0.2) is 0 Å². The molecule has 0 aliphatic heterocycles. The Morgan fingerprint density at radius 1 is 0.826 bits per heavy atom. The second-order valence-corrected chi connectivity index (χ2v) is 8.06. The molecule has 0 rings (SSSR count). The maximum Gasteiger partial charge on any atom is 0.220 e. The highest BCUT2D eigenvalue weighted by Gasteiger charge is 2.20. The third-order valence-electron chi connectivity index (χ3n) is 3.35. The summed E-state index contributed by atoms with van der Waals surface area (Å²) >= 11 is 0. The lowest BCUT2D eigenvalue weighted by atomic mass is 9.89. The SMILES string of the molecule is CC(C)(C)CCC(=O)NCCOCCOCCC(=O)C(C)(C)C. The van der Waals surface area contributed by atoms with E-state index in [-0.39, 0.29) is 22.5 Å². The van der Waals surface area contributed by atoms with E-state index in [9.17, 15) is 9.59 Å². The van der Waals surface area contributed by atoms with Crippen LogP contribution in [0.3, 0.4) is 0 Å². The van der Waals surface area contributed by atoms with E-state index in [0.29, 0.717) is 45.8 Å². The van der Waals surface area contributed by atoms with Crippen LogP contribution in [0, 0.1) is 10.8 Å². The van der Waals surface area contributed by atoms with Gasteiger partial charge in [0.25, 0.3) is 0 Å². The average Bonchev–Trinajstić information content (AvgIpc) is 2.41. The Kier molecular flexibility index (Phi) is 10.3. The van der Waals surface area contributed by atoms with Crippen LogP contribution in [0.25, 0.3) is 0 Å². The minimum atomic E-state index is -0.301. The van der Waals surface area contributed by atoms with E-state index in [1.54, 1.807) is 0 Å². The second kappa shape index (κ2) is 10.8. The Hall–Kier alpha value is -0.940. The van der Waals surface area contributed by atoms with Gasteiger partial charge < -0.3 is 14.8 Å². The van der Waals surface area contributed by atoms with E-state index < -0.39 is 0 Å². The minimum Gasteiger partial charge on any atom is -0.379 e. The third kappa shape index (κ3) is 14.4. The molecule has 0 aromatic rings. The molecule has 0 aliphatic carbocycles. The molecule has 1 N–H and O–H groups in total. The van der Waals surface area contributed by atoms with Gasteiger partial charge in [-0.25, -0.2) is 0 Å². The van der Waals surface area contributed by atoms with Crippen LogP contribution in [0.1, 0.15) is 60.8 Å². The molecule has 0 fully saturated rings. The van der Waals surface area contributed by atoms with Crippen LogP contribution in [0.5, 0.6) is 0 Å². The molecular weight excluding hydrogens is 294 g/mol. The van der Waals surface area contributed by atoms with Crippen molar-refractivity contribution in [1.82, 2.24) is 5.32 Å². The fourth-order valence-electron chi connectivity index (χ4n) is 1.70. The first-order chi connectivity index (χ1) is 10.5. The van der Waals surface area contributed by atoms with Crippen LogP contribution in [0.2, 0.25) is 0 Å². The summed E-state index contributed by atoms with van der Waals surface area (Å²) in [4.78, 5) is 23.3. The van der Waals surface area contributed by atoms with Gasteiger partial charge in [-0.3, -0.25) is 9.59 Å². The van der Waals surface area contributed by atoms with Crippen LogP contribution in [-0.2, 0) is 19.1 Å². The van der Waals surface area contributed by atoms with E-state index in [0.717, 1.165) is 6.42 Å². The van der Waals surface area contributed by atoms with Crippen molar-refractivity contribution in [3.63, 3.8) is 0 Å². The molecule has 5 heteroatoms. The molecular formula is C18H35NO4. The first kappa shape index (κ1) is 22.1. The highest BCUT2D eigenvalue weighted by atomic mass is 16.5. The minimum absolute atomic E-state index is 0.0699. The smallest absolute Gasteiger partial charge is 0.220 e. The number of carbonyl (C=O) groups is 2. The molecule has 0 atom stereocenters. The standard InChI is InChI=1S/C18H35NO4/c1-17(2,3)9-7-16(21)19-10-12-23-14-13-22-11-8-15(20)18(4,5)6/h7-14H2,1-6H3,(H,19,21). The van der Waals surface area contributed by atoms with Gasteiger partial charge in [0, 0.05) is 24.8 Å². The molecule has 0 spiro atoms. The van der Waals surface area contributed by atoms with Gasteiger partial charge in [-0.05, 0) is 11.8 Å². The molecule has 0 saturated heterocycles. The van der Waals surface area contributed by atoms with Crippen molar-refractivity contribution in [3.05, 3.63) is 0 Å². The summed E-state index contributed by atoms with van der Waals surface area (Å²) in [5.41, 5.74) is -0.120. The van der Waals surface area contributed by atoms with Crippen LogP contribution in [0.15, 0.2) is 0 Å². The lowest BCUT2D eigenvalue weighted by molar-refractivity contribution is -0.127. The number of nitrogens with one attached hydrogen (secondary N) is 1. The molecule has 136 valence electrons. The largest absolute Gasteiger partial charge is 0.379 e. The van der Waals surface area contributed by atoms with E-state index in [2.05, 4.69) is 26.1 Å². The van der Waals surface area contributed by atoms with E-state index in [1.807, 2.05) is 20.8 Å². The first-order valence-corrected chi connectivity index (χ1v) is 8.48. The van der Waals surface area contributed by atoms with Crippen molar-refractivity contribution in [2.45, 2.75) is 60.8 Å². The summed E-state index contributed by atoms with van der Waals surface area (Å²) in [6.45, 7) is 14.5. The van der Waals surface area contributed by atoms with Crippen molar-refractivity contribution in [3.8, 4) is 0 Å². The van der Waals surface area contributed by atoms with E-state index in [1.165, 1.54) is 0 Å². The topological polar surface area (TPSA) is 64.6 Å². The van der Waals surface area contributed by atoms with Crippen LogP contribution >= 0.6 is 0 Å². The Morgan fingerprint density at radius 2 is 1.39 bits per heavy atom. The monoisotopic (exact) mass is 329 g/mol. The maximum absolute atomic E-state index is 11.7. The maximum atomic E-state index is 11.7. The van der Waals surface area contributed by atoms with Gasteiger partial charge in [-0.2, -0.15) is 0 Å². The molecule has 0 aliphatic rings. The average molecular weight is 329 g/mol. The quantitative estimate of drug-likeness (QED) is 0.592. The van der Waals surface area contributed by atoms with Gasteiger partial charge in [-0.15, -0.1) is 0 Å². The number of hydrogen-bond acceptors (Lipinski definition) is 4. The number of hydrogen-bond donors (Lipinski definition) is 1. The van der Waals surface area contributed by atoms with Gasteiger partial charge in [0.1, 0.15) is 5.78 Å². The summed E-state index contributed by atoms with van der Waals surface area (Å²) in [6, 6.07) is 0. The Balaban J connectivity index is 3.40. The van der Waals surface area contributed by atoms with Crippen LogP contribution in [-0.4, -0.2) is 44.7 Å². The molecule has 1 amide bonds. The zero-order chi connectivity index (χ0) is 17.9. The molecule has 0 heterocycles. The Bertz CT molecular complexity index is 353. The van der Waals surface area contributed by atoms with Crippen molar-refractivity contribution < 1.29 is 19.1 Å². The van der Waals surface area contributed by atoms with Crippen molar-refractivity contribution in [2.75, 3.05) is 33.0 Å². The predicted molar refractivity (Wildman–Crippen MR) is 92.4 cm³/mol. The number of carbonyl (C=O) groups excluding carboxylic acids is 2. The zero-order valence-corrected chi connectivity index (χ0v) is 15.8. The highest BCUT2D eigenvalue weighted by Crippen LogP contribution is 2.20. The van der Waals surface area contributed by atoms with Gasteiger partial charge >= 0.3 is 0 Å². The fraction of sp³-hybridized carbons (Fsp3) is 0.889. The number of amides is 1. The summed E-state index contributed by atoms with van der Waals surface area (Å²) in [5, 5.41) is 2.84. The lowest BCUT2D eigenvalue weighted by Crippen LogP contribution is -2.28. The number of rotatable bonds is 11. The lowest BCUT2D eigenvalue weighted by Gasteiger charge is -2.17. The normalized spacial score (nSPS) is 12.3. The van der Waals surface area contributed by atoms with Crippen molar-refractivity contribution >= 4 is 11.7 Å². The number of ether oxygens (including phenoxy) is 2. The molecule has 0 unspecified atom stereocenters. The summed E-state index contributed by atoms with van der Waals surface area (Å²) < 4.78 is 10.7. The first-order valence-electron chi connectivity index (χ1n) is 8.48. The molecule has 0 aromatic heterocycles. The molecule has 0 radical (unpaired) electrons. The second-order valence-electron chi connectivity index (χ2n) is 8.06. The van der Waals surface area contributed by atoms with Crippen molar-refractivity contribution in [2.24, 2.45) is 10.8 Å². The molecule has 5 nitrogen and oxygen atoms in total. The van der Waals surface area contributed by atoms with Gasteiger partial charge in [-0.1, -0.05) is 41.5 Å². The van der Waals surface area contributed by atoms with Gasteiger partial charge in [0.05, 0.1) is 26.4 Å². The number of Topliss-reactive ketones (excluding diaryl/α,β-unsaturated/α-hetero) is 1. The van der Waals surface area contributed by atoms with Crippen molar-refractivity contribution in [1.29, 1.82) is 0 Å². The molecule has 0 saturated carbocycles. The molecule has 23 heavy (non-hydrogen) atoms. The van der Waals surface area contributed by atoms with Crippen LogP contribution < -0.4 is 5.32 Å². The summed E-state index contributed by atoms with van der Waals surface area (Å²) in [5.74, 6) is 0.275. The summed E-state index contributed by atoms with van der Waals surface area (Å²) in [6.07, 6.45) is 1.86. The van der Waals surface area contributed by atoms with Gasteiger partial charge in [0.2, 0.25) is 5.91 Å². The third-order valence-corrected chi connectivity index (χ3v) is 3.35. The Morgan fingerprint density at radius 3 is 1.91 bits per heavy atom. The zero-order valence-electron chi connectivity index (χ0n) is 15.8. The molecule has 0 bridgehead atoms.